The summed E-state index contributed by atoms with van der Waals surface area (Å²) in [6, 6.07) is 4.86. The Morgan fingerprint density at radius 2 is 2.21 bits per heavy atom. The van der Waals surface area contributed by atoms with Crippen LogP contribution in [0.15, 0.2) is 22.7 Å². The van der Waals surface area contributed by atoms with Crippen LogP contribution in [0.2, 0.25) is 0 Å². The Morgan fingerprint density at radius 1 is 1.47 bits per heavy atom. The average molecular weight is 332 g/mol. The zero-order chi connectivity index (χ0) is 14.3. The summed E-state index contributed by atoms with van der Waals surface area (Å²) >= 11 is 3.31. The van der Waals surface area contributed by atoms with Crippen molar-refractivity contribution in [3.63, 3.8) is 0 Å². The molecule has 0 saturated carbocycles. The van der Waals surface area contributed by atoms with Crippen molar-refractivity contribution in [2.45, 2.75) is 0 Å². The number of likely N-dealkylation sites (N-methyl/N-ethyl adjacent to an activating group) is 1. The van der Waals surface area contributed by atoms with Crippen molar-refractivity contribution in [3.05, 3.63) is 32.8 Å². The molecule has 19 heavy (non-hydrogen) atoms. The maximum atomic E-state index is 10.9. The van der Waals surface area contributed by atoms with Gasteiger partial charge in [0, 0.05) is 37.3 Å². The first-order valence-corrected chi connectivity index (χ1v) is 6.69. The number of nitro groups is 1. The van der Waals surface area contributed by atoms with E-state index in [1.54, 1.807) is 19.2 Å². The molecule has 0 atom stereocenters. The third-order valence-electron chi connectivity index (χ3n) is 2.64. The van der Waals surface area contributed by atoms with Crippen LogP contribution in [0.1, 0.15) is 0 Å². The van der Waals surface area contributed by atoms with Gasteiger partial charge in [0.25, 0.3) is 5.69 Å². The monoisotopic (exact) mass is 331 g/mol. The molecular formula is C12H18BrN3O3. The van der Waals surface area contributed by atoms with Gasteiger partial charge in [0.05, 0.1) is 11.5 Å². The Morgan fingerprint density at radius 3 is 2.84 bits per heavy atom. The van der Waals surface area contributed by atoms with E-state index in [4.69, 9.17) is 4.74 Å². The zero-order valence-electron chi connectivity index (χ0n) is 11.1. The van der Waals surface area contributed by atoms with Crippen molar-refractivity contribution in [1.82, 2.24) is 4.90 Å². The number of benzene rings is 1. The summed E-state index contributed by atoms with van der Waals surface area (Å²) in [5.41, 5.74) is 0.613. The lowest BCUT2D eigenvalue weighted by Gasteiger charge is -2.16. The number of anilines is 1. The van der Waals surface area contributed by atoms with Gasteiger partial charge in [-0.1, -0.05) is 15.9 Å². The van der Waals surface area contributed by atoms with Crippen LogP contribution in [0.5, 0.6) is 0 Å². The fourth-order valence-corrected chi connectivity index (χ4v) is 1.91. The molecule has 0 heterocycles. The molecule has 0 amide bonds. The third kappa shape index (κ3) is 5.54. The molecule has 0 unspecified atom stereocenters. The highest BCUT2D eigenvalue weighted by Gasteiger charge is 2.13. The van der Waals surface area contributed by atoms with E-state index in [-0.39, 0.29) is 10.6 Å². The molecule has 0 aliphatic heterocycles. The summed E-state index contributed by atoms with van der Waals surface area (Å²) in [6.07, 6.45) is 0. The second-order valence-corrected chi connectivity index (χ2v) is 5.06. The normalized spacial score (nSPS) is 10.7. The molecule has 7 heteroatoms. The summed E-state index contributed by atoms with van der Waals surface area (Å²) in [5, 5.41) is 14.0. The summed E-state index contributed by atoms with van der Waals surface area (Å²) < 4.78 is 5.80. The van der Waals surface area contributed by atoms with E-state index in [0.717, 1.165) is 17.6 Å². The van der Waals surface area contributed by atoms with E-state index in [9.17, 15) is 10.1 Å². The van der Waals surface area contributed by atoms with E-state index in [1.165, 1.54) is 6.07 Å². The maximum absolute atomic E-state index is 10.9. The van der Waals surface area contributed by atoms with Crippen LogP contribution in [0.3, 0.4) is 0 Å². The van der Waals surface area contributed by atoms with Crippen molar-refractivity contribution in [2.75, 3.05) is 45.7 Å². The first kappa shape index (κ1) is 15.9. The molecule has 1 rings (SSSR count). The van der Waals surface area contributed by atoms with Gasteiger partial charge < -0.3 is 15.0 Å². The predicted molar refractivity (Wildman–Crippen MR) is 78.7 cm³/mol. The van der Waals surface area contributed by atoms with E-state index in [0.29, 0.717) is 18.8 Å². The zero-order valence-corrected chi connectivity index (χ0v) is 12.6. The lowest BCUT2D eigenvalue weighted by Crippen LogP contribution is -2.28. The second kappa shape index (κ2) is 8.08. The van der Waals surface area contributed by atoms with Crippen molar-refractivity contribution in [3.8, 4) is 0 Å². The summed E-state index contributed by atoms with van der Waals surface area (Å²) in [6.45, 7) is 2.93. The number of nitrogens with zero attached hydrogens (tertiary/aromatic N) is 2. The number of nitro benzene ring substituents is 1. The summed E-state index contributed by atoms with van der Waals surface area (Å²) in [5.74, 6) is 0. The van der Waals surface area contributed by atoms with Crippen LogP contribution in [0.25, 0.3) is 0 Å². The highest BCUT2D eigenvalue weighted by atomic mass is 79.9. The standard InChI is InChI=1S/C12H18BrN3O3/c1-15(7-8-19-2)6-5-14-11-9-10(13)3-4-12(11)16(17)18/h3-4,9,14H,5-8H2,1-2H3. The first-order chi connectivity index (χ1) is 9.04. The number of ether oxygens (including phenoxy) is 1. The summed E-state index contributed by atoms with van der Waals surface area (Å²) in [7, 11) is 3.65. The van der Waals surface area contributed by atoms with E-state index in [1.807, 2.05) is 7.05 Å². The Labute approximate surface area is 121 Å². The SMILES string of the molecule is COCCN(C)CCNc1cc(Br)ccc1[N+](=O)[O-]. The van der Waals surface area contributed by atoms with Crippen molar-refractivity contribution in [2.24, 2.45) is 0 Å². The fourth-order valence-electron chi connectivity index (χ4n) is 1.55. The molecular weight excluding hydrogens is 314 g/mol. The molecule has 1 aromatic carbocycles. The van der Waals surface area contributed by atoms with Crippen LogP contribution in [-0.4, -0.2) is 50.2 Å². The minimum atomic E-state index is -0.386. The molecule has 1 aromatic rings. The fraction of sp³-hybridized carbons (Fsp3) is 0.500. The Balaban J connectivity index is 2.52. The lowest BCUT2D eigenvalue weighted by molar-refractivity contribution is -0.384. The molecule has 0 saturated heterocycles. The van der Waals surface area contributed by atoms with E-state index in [2.05, 4.69) is 26.1 Å². The van der Waals surface area contributed by atoms with Gasteiger partial charge >= 0.3 is 0 Å². The van der Waals surface area contributed by atoms with Gasteiger partial charge in [-0.2, -0.15) is 0 Å². The van der Waals surface area contributed by atoms with Crippen LogP contribution in [-0.2, 0) is 4.74 Å². The van der Waals surface area contributed by atoms with Gasteiger partial charge in [0.1, 0.15) is 5.69 Å². The molecule has 1 N–H and O–H groups in total. The quantitative estimate of drug-likeness (QED) is 0.585. The average Bonchev–Trinajstić information content (AvgIpc) is 2.36. The Hall–Kier alpha value is -1.18. The van der Waals surface area contributed by atoms with Crippen LogP contribution in [0, 0.1) is 10.1 Å². The minimum absolute atomic E-state index is 0.0859. The predicted octanol–water partition coefficient (Wildman–Crippen LogP) is 2.35. The number of methoxy groups -OCH3 is 1. The van der Waals surface area contributed by atoms with Crippen LogP contribution >= 0.6 is 15.9 Å². The maximum Gasteiger partial charge on any atom is 0.292 e. The molecule has 0 aliphatic rings. The lowest BCUT2D eigenvalue weighted by atomic mass is 10.2. The van der Waals surface area contributed by atoms with Gasteiger partial charge in [-0.3, -0.25) is 10.1 Å². The topological polar surface area (TPSA) is 67.6 Å². The van der Waals surface area contributed by atoms with Crippen molar-refractivity contribution in [1.29, 1.82) is 0 Å². The largest absolute Gasteiger partial charge is 0.383 e. The van der Waals surface area contributed by atoms with Gasteiger partial charge in [0.2, 0.25) is 0 Å². The first-order valence-electron chi connectivity index (χ1n) is 5.90. The molecule has 106 valence electrons. The minimum Gasteiger partial charge on any atom is -0.383 e. The second-order valence-electron chi connectivity index (χ2n) is 4.14. The van der Waals surface area contributed by atoms with E-state index >= 15 is 0 Å². The van der Waals surface area contributed by atoms with Crippen molar-refractivity contribution >= 4 is 27.3 Å². The van der Waals surface area contributed by atoms with Gasteiger partial charge in [-0.15, -0.1) is 0 Å². The van der Waals surface area contributed by atoms with Crippen LogP contribution in [0.4, 0.5) is 11.4 Å². The number of hydrogen-bond donors (Lipinski definition) is 1. The molecule has 0 aliphatic carbocycles. The number of hydrogen-bond acceptors (Lipinski definition) is 5. The number of rotatable bonds is 8. The smallest absolute Gasteiger partial charge is 0.292 e. The molecule has 0 aromatic heterocycles. The van der Waals surface area contributed by atoms with Crippen LogP contribution < -0.4 is 5.32 Å². The van der Waals surface area contributed by atoms with Gasteiger partial charge in [0.15, 0.2) is 0 Å². The van der Waals surface area contributed by atoms with Gasteiger partial charge in [-0.25, -0.2) is 0 Å². The molecule has 0 spiro atoms. The molecule has 0 fully saturated rings. The highest BCUT2D eigenvalue weighted by molar-refractivity contribution is 9.10. The van der Waals surface area contributed by atoms with Crippen molar-refractivity contribution < 1.29 is 9.66 Å². The Kier molecular flexibility index (Phi) is 6.75. The molecule has 0 bridgehead atoms. The van der Waals surface area contributed by atoms with E-state index < -0.39 is 0 Å². The number of nitrogens with one attached hydrogen (secondary N) is 1. The molecule has 0 radical (unpaired) electrons. The van der Waals surface area contributed by atoms with Gasteiger partial charge in [-0.05, 0) is 19.2 Å². The Bertz CT molecular complexity index is 429. The summed E-state index contributed by atoms with van der Waals surface area (Å²) in [4.78, 5) is 12.6. The highest BCUT2D eigenvalue weighted by Crippen LogP contribution is 2.27. The third-order valence-corrected chi connectivity index (χ3v) is 3.13. The molecule has 6 nitrogen and oxygen atoms in total. The number of halogens is 1.